The zero-order valence-electron chi connectivity index (χ0n) is 10.8. The molecule has 19 heavy (non-hydrogen) atoms. The second-order valence-corrected chi connectivity index (χ2v) is 5.15. The van der Waals surface area contributed by atoms with Crippen LogP contribution in [-0.2, 0) is 11.3 Å². The lowest BCUT2D eigenvalue weighted by atomic mass is 10.1. The Kier molecular flexibility index (Phi) is 3.16. The molecule has 1 aromatic carbocycles. The van der Waals surface area contributed by atoms with Crippen LogP contribution >= 0.6 is 0 Å². The summed E-state index contributed by atoms with van der Waals surface area (Å²) in [6, 6.07) is 5.85. The maximum Gasteiger partial charge on any atom is 0.335 e. The number of hydrogen-bond donors (Lipinski definition) is 1. The van der Waals surface area contributed by atoms with Crippen LogP contribution in [0.4, 0.5) is 0 Å². The summed E-state index contributed by atoms with van der Waals surface area (Å²) in [7, 11) is 0. The molecule has 1 N–H and O–H groups in total. The summed E-state index contributed by atoms with van der Waals surface area (Å²) < 4.78 is 11.0. The highest BCUT2D eigenvalue weighted by molar-refractivity contribution is 5.88. The second kappa shape index (κ2) is 4.83. The van der Waals surface area contributed by atoms with Crippen LogP contribution in [0, 0.1) is 0 Å². The van der Waals surface area contributed by atoms with Gasteiger partial charge in [-0.3, -0.25) is 4.90 Å². The van der Waals surface area contributed by atoms with Crippen molar-refractivity contribution in [3.63, 3.8) is 0 Å². The van der Waals surface area contributed by atoms with E-state index in [1.807, 2.05) is 6.07 Å². The van der Waals surface area contributed by atoms with Gasteiger partial charge in [-0.2, -0.15) is 0 Å². The van der Waals surface area contributed by atoms with Gasteiger partial charge in [-0.15, -0.1) is 0 Å². The number of carboxylic acid groups (broad SMARTS) is 1. The predicted octanol–water partition coefficient (Wildman–Crippen LogP) is 1.37. The van der Waals surface area contributed by atoms with E-state index in [9.17, 15) is 4.79 Å². The lowest BCUT2D eigenvalue weighted by Gasteiger charge is -2.39. The Bertz CT molecular complexity index is 498. The SMILES string of the molecule is CC1COc2cc(C(=O)O)ccc2CN1C1COC1. The van der Waals surface area contributed by atoms with E-state index in [-0.39, 0.29) is 5.56 Å². The minimum atomic E-state index is -0.923. The van der Waals surface area contributed by atoms with E-state index < -0.39 is 5.97 Å². The van der Waals surface area contributed by atoms with E-state index in [1.54, 1.807) is 12.1 Å². The summed E-state index contributed by atoms with van der Waals surface area (Å²) in [4.78, 5) is 13.4. The van der Waals surface area contributed by atoms with Crippen molar-refractivity contribution in [2.45, 2.75) is 25.6 Å². The van der Waals surface area contributed by atoms with Crippen molar-refractivity contribution in [1.29, 1.82) is 0 Å². The first-order valence-corrected chi connectivity index (χ1v) is 6.47. The molecule has 2 aliphatic rings. The Hall–Kier alpha value is -1.59. The first-order chi connectivity index (χ1) is 9.15. The zero-order chi connectivity index (χ0) is 13.4. The van der Waals surface area contributed by atoms with Gasteiger partial charge in [0.1, 0.15) is 12.4 Å². The molecule has 1 unspecified atom stereocenters. The molecule has 0 saturated carbocycles. The summed E-state index contributed by atoms with van der Waals surface area (Å²) in [6.07, 6.45) is 0. The predicted molar refractivity (Wildman–Crippen MR) is 68.5 cm³/mol. The van der Waals surface area contributed by atoms with Crippen LogP contribution < -0.4 is 4.74 Å². The van der Waals surface area contributed by atoms with Crippen molar-refractivity contribution in [1.82, 2.24) is 4.90 Å². The van der Waals surface area contributed by atoms with Crippen molar-refractivity contribution in [3.05, 3.63) is 29.3 Å². The van der Waals surface area contributed by atoms with Crippen molar-refractivity contribution in [2.75, 3.05) is 19.8 Å². The summed E-state index contributed by atoms with van der Waals surface area (Å²) in [5.74, 6) is -0.234. The van der Waals surface area contributed by atoms with Crippen molar-refractivity contribution >= 4 is 5.97 Å². The third-order valence-corrected chi connectivity index (χ3v) is 3.80. The van der Waals surface area contributed by atoms with Crippen LogP contribution in [0.3, 0.4) is 0 Å². The van der Waals surface area contributed by atoms with E-state index in [1.165, 1.54) is 0 Å². The van der Waals surface area contributed by atoms with Crippen molar-refractivity contribution < 1.29 is 19.4 Å². The quantitative estimate of drug-likeness (QED) is 0.873. The highest BCUT2D eigenvalue weighted by Crippen LogP contribution is 2.28. The molecule has 0 amide bonds. The van der Waals surface area contributed by atoms with Gasteiger partial charge in [-0.1, -0.05) is 6.07 Å². The van der Waals surface area contributed by atoms with Crippen molar-refractivity contribution in [2.24, 2.45) is 0 Å². The monoisotopic (exact) mass is 263 g/mol. The van der Waals surface area contributed by atoms with Gasteiger partial charge in [-0.25, -0.2) is 4.79 Å². The Labute approximate surface area is 111 Å². The lowest BCUT2D eigenvalue weighted by Crippen LogP contribution is -2.52. The number of nitrogens with zero attached hydrogens (tertiary/aromatic N) is 1. The standard InChI is InChI=1S/C14H17NO4/c1-9-6-19-13-4-10(14(16)17)2-3-11(13)5-15(9)12-7-18-8-12/h2-4,9,12H,5-8H2,1H3,(H,16,17). The third-order valence-electron chi connectivity index (χ3n) is 3.80. The number of aromatic carboxylic acids is 1. The third kappa shape index (κ3) is 2.31. The van der Waals surface area contributed by atoms with Crippen LogP contribution in [0.1, 0.15) is 22.8 Å². The fourth-order valence-electron chi connectivity index (χ4n) is 2.51. The fourth-order valence-corrected chi connectivity index (χ4v) is 2.51. The van der Waals surface area contributed by atoms with Crippen molar-refractivity contribution in [3.8, 4) is 5.75 Å². The average molecular weight is 263 g/mol. The topological polar surface area (TPSA) is 59.0 Å². The number of carbonyl (C=O) groups is 1. The maximum atomic E-state index is 11.0. The maximum absolute atomic E-state index is 11.0. The minimum absolute atomic E-state index is 0.270. The molecular formula is C14H17NO4. The lowest BCUT2D eigenvalue weighted by molar-refractivity contribution is -0.0825. The Morgan fingerprint density at radius 3 is 2.79 bits per heavy atom. The van der Waals surface area contributed by atoms with Crippen LogP contribution in [0.5, 0.6) is 5.75 Å². The number of fused-ring (bicyclic) bond motifs is 1. The first-order valence-electron chi connectivity index (χ1n) is 6.47. The van der Waals surface area contributed by atoms with Gasteiger partial charge in [-0.05, 0) is 19.1 Å². The Balaban J connectivity index is 1.87. The first kappa shape index (κ1) is 12.4. The minimum Gasteiger partial charge on any atom is -0.492 e. The van der Waals surface area contributed by atoms with E-state index in [0.717, 1.165) is 25.3 Å². The second-order valence-electron chi connectivity index (χ2n) is 5.15. The number of ether oxygens (including phenoxy) is 2. The number of hydrogen-bond acceptors (Lipinski definition) is 4. The molecule has 2 heterocycles. The Morgan fingerprint density at radius 2 is 2.16 bits per heavy atom. The molecule has 0 aliphatic carbocycles. The molecule has 1 atom stereocenters. The number of benzene rings is 1. The molecule has 0 spiro atoms. The number of rotatable bonds is 2. The van der Waals surface area contributed by atoms with Gasteiger partial charge in [0.2, 0.25) is 0 Å². The van der Waals surface area contributed by atoms with Gasteiger partial charge in [0.25, 0.3) is 0 Å². The molecule has 1 saturated heterocycles. The van der Waals surface area contributed by atoms with E-state index >= 15 is 0 Å². The molecule has 0 radical (unpaired) electrons. The van der Waals surface area contributed by atoms with E-state index in [0.29, 0.717) is 24.4 Å². The normalized spacial score (nSPS) is 23.9. The van der Waals surface area contributed by atoms with Gasteiger partial charge < -0.3 is 14.6 Å². The summed E-state index contributed by atoms with van der Waals surface area (Å²) >= 11 is 0. The molecular weight excluding hydrogens is 246 g/mol. The largest absolute Gasteiger partial charge is 0.492 e. The molecule has 3 rings (SSSR count). The molecule has 5 nitrogen and oxygen atoms in total. The van der Waals surface area contributed by atoms with Gasteiger partial charge >= 0.3 is 5.97 Å². The summed E-state index contributed by atoms with van der Waals surface area (Å²) in [6.45, 7) is 5.03. The molecule has 1 aromatic rings. The van der Waals surface area contributed by atoms with Gasteiger partial charge in [0.15, 0.2) is 0 Å². The molecule has 102 valence electrons. The van der Waals surface area contributed by atoms with Crippen LogP contribution in [-0.4, -0.2) is 47.9 Å². The average Bonchev–Trinajstić information content (AvgIpc) is 2.48. The van der Waals surface area contributed by atoms with E-state index in [4.69, 9.17) is 14.6 Å². The van der Waals surface area contributed by atoms with Crippen LogP contribution in [0.2, 0.25) is 0 Å². The Morgan fingerprint density at radius 1 is 1.37 bits per heavy atom. The summed E-state index contributed by atoms with van der Waals surface area (Å²) in [5, 5.41) is 9.01. The summed E-state index contributed by atoms with van der Waals surface area (Å²) in [5.41, 5.74) is 1.31. The highest BCUT2D eigenvalue weighted by atomic mass is 16.5. The fraction of sp³-hybridized carbons (Fsp3) is 0.500. The van der Waals surface area contributed by atoms with Gasteiger partial charge in [0, 0.05) is 18.2 Å². The molecule has 2 aliphatic heterocycles. The van der Waals surface area contributed by atoms with Gasteiger partial charge in [0.05, 0.1) is 24.8 Å². The highest BCUT2D eigenvalue weighted by Gasteiger charge is 2.32. The molecule has 0 bridgehead atoms. The van der Waals surface area contributed by atoms with Crippen LogP contribution in [0.25, 0.3) is 0 Å². The molecule has 5 heteroatoms. The van der Waals surface area contributed by atoms with E-state index in [2.05, 4.69) is 11.8 Å². The zero-order valence-corrected chi connectivity index (χ0v) is 10.8. The smallest absolute Gasteiger partial charge is 0.335 e. The number of carboxylic acids is 1. The molecule has 1 fully saturated rings. The van der Waals surface area contributed by atoms with Crippen LogP contribution in [0.15, 0.2) is 18.2 Å². The molecule has 0 aromatic heterocycles.